The SMILES string of the molecule is COCCC(=O)Oc1c(OC)ccnc1C(=O)NC1CCCC(OCC(C)C)C(OCCCc2ccccc2)C(C)OC1=O. The van der Waals surface area contributed by atoms with Crippen LogP contribution in [0.15, 0.2) is 42.6 Å². The van der Waals surface area contributed by atoms with Crippen LogP contribution in [0.1, 0.15) is 68.9 Å². The van der Waals surface area contributed by atoms with Crippen LogP contribution in [0.4, 0.5) is 0 Å². The summed E-state index contributed by atoms with van der Waals surface area (Å²) in [6, 6.07) is 10.7. The summed E-state index contributed by atoms with van der Waals surface area (Å²) >= 11 is 0. The lowest BCUT2D eigenvalue weighted by atomic mass is 10.0. The molecule has 0 saturated carbocycles. The third kappa shape index (κ3) is 10.9. The molecule has 4 unspecified atom stereocenters. The molecule has 1 N–H and O–H groups in total. The molecule has 2 heterocycles. The van der Waals surface area contributed by atoms with E-state index in [0.29, 0.717) is 38.4 Å². The van der Waals surface area contributed by atoms with E-state index in [0.717, 1.165) is 12.8 Å². The summed E-state index contributed by atoms with van der Waals surface area (Å²) in [5.41, 5.74) is 1.04. The summed E-state index contributed by atoms with van der Waals surface area (Å²) in [5, 5.41) is 2.73. The minimum absolute atomic E-state index is 0.0298. The van der Waals surface area contributed by atoms with Gasteiger partial charge in [-0.2, -0.15) is 0 Å². The number of benzene rings is 1. The first kappa shape index (κ1) is 34.9. The van der Waals surface area contributed by atoms with Gasteiger partial charge in [-0.3, -0.25) is 9.59 Å². The summed E-state index contributed by atoms with van der Waals surface area (Å²) in [6.45, 7) is 7.12. The van der Waals surface area contributed by atoms with Gasteiger partial charge in [0.2, 0.25) is 5.75 Å². The Kier molecular flexibility index (Phi) is 14.5. The van der Waals surface area contributed by atoms with Gasteiger partial charge in [0, 0.05) is 32.6 Å². The largest absolute Gasteiger partial charge is 0.493 e. The lowest BCUT2D eigenvalue weighted by Crippen LogP contribution is -2.46. The molecule has 1 saturated heterocycles. The van der Waals surface area contributed by atoms with Crippen molar-refractivity contribution in [3.8, 4) is 11.5 Å². The molecule has 11 nitrogen and oxygen atoms in total. The molecular weight excluding hydrogens is 568 g/mol. The average Bonchev–Trinajstić information content (AvgIpc) is 3.06. The van der Waals surface area contributed by atoms with E-state index in [2.05, 4.69) is 36.3 Å². The van der Waals surface area contributed by atoms with Gasteiger partial charge in [-0.15, -0.1) is 0 Å². The molecule has 0 radical (unpaired) electrons. The predicted molar refractivity (Wildman–Crippen MR) is 163 cm³/mol. The first-order valence-corrected chi connectivity index (χ1v) is 15.2. The molecule has 2 aromatic rings. The third-order valence-electron chi connectivity index (χ3n) is 7.14. The topological polar surface area (TPSA) is 132 Å². The van der Waals surface area contributed by atoms with Crippen molar-refractivity contribution in [1.82, 2.24) is 10.3 Å². The van der Waals surface area contributed by atoms with Gasteiger partial charge in [0.15, 0.2) is 11.4 Å². The van der Waals surface area contributed by atoms with Gasteiger partial charge in [0.25, 0.3) is 5.91 Å². The molecule has 0 bridgehead atoms. The summed E-state index contributed by atoms with van der Waals surface area (Å²) in [6.07, 6.45) is 3.13. The maximum absolute atomic E-state index is 13.4. The molecule has 1 amide bonds. The number of pyridine rings is 1. The second-order valence-corrected chi connectivity index (χ2v) is 11.2. The zero-order valence-electron chi connectivity index (χ0n) is 26.4. The Hall–Kier alpha value is -3.54. The van der Waals surface area contributed by atoms with E-state index in [1.54, 1.807) is 6.92 Å². The third-order valence-corrected chi connectivity index (χ3v) is 7.14. The highest BCUT2D eigenvalue weighted by atomic mass is 16.6. The minimum atomic E-state index is -0.961. The molecule has 44 heavy (non-hydrogen) atoms. The van der Waals surface area contributed by atoms with Gasteiger partial charge < -0.3 is 33.7 Å². The Morgan fingerprint density at radius 3 is 2.55 bits per heavy atom. The molecule has 1 aliphatic rings. The van der Waals surface area contributed by atoms with Gasteiger partial charge >= 0.3 is 11.9 Å². The molecule has 1 fully saturated rings. The number of hydrogen-bond acceptors (Lipinski definition) is 10. The quantitative estimate of drug-likeness (QED) is 0.229. The van der Waals surface area contributed by atoms with Crippen LogP contribution >= 0.6 is 0 Å². The second-order valence-electron chi connectivity index (χ2n) is 11.2. The Balaban J connectivity index is 1.72. The van der Waals surface area contributed by atoms with Crippen LogP contribution < -0.4 is 14.8 Å². The highest BCUT2D eigenvalue weighted by Gasteiger charge is 2.36. The molecule has 1 aliphatic heterocycles. The van der Waals surface area contributed by atoms with Crippen molar-refractivity contribution in [2.24, 2.45) is 5.92 Å². The normalized spacial score (nSPS) is 20.6. The Morgan fingerprint density at radius 2 is 1.84 bits per heavy atom. The van der Waals surface area contributed by atoms with Gasteiger partial charge in [0.1, 0.15) is 18.2 Å². The number of amides is 1. The summed E-state index contributed by atoms with van der Waals surface area (Å²) in [7, 11) is 2.85. The number of cyclic esters (lactones) is 1. The molecule has 242 valence electrons. The Bertz CT molecular complexity index is 1190. The lowest BCUT2D eigenvalue weighted by Gasteiger charge is -2.31. The van der Waals surface area contributed by atoms with Gasteiger partial charge in [-0.1, -0.05) is 44.2 Å². The smallest absolute Gasteiger partial charge is 0.329 e. The highest BCUT2D eigenvalue weighted by molar-refractivity contribution is 5.98. The van der Waals surface area contributed by atoms with E-state index in [9.17, 15) is 14.4 Å². The summed E-state index contributed by atoms with van der Waals surface area (Å²) in [5.74, 6) is -1.57. The highest BCUT2D eigenvalue weighted by Crippen LogP contribution is 2.30. The van der Waals surface area contributed by atoms with E-state index in [1.165, 1.54) is 32.0 Å². The summed E-state index contributed by atoms with van der Waals surface area (Å²) < 4.78 is 34.1. The number of esters is 2. The van der Waals surface area contributed by atoms with Gasteiger partial charge in [-0.05, 0) is 50.5 Å². The zero-order chi connectivity index (χ0) is 31.9. The molecule has 0 aliphatic carbocycles. The van der Waals surface area contributed by atoms with E-state index < -0.39 is 36.1 Å². The van der Waals surface area contributed by atoms with E-state index >= 15 is 0 Å². The van der Waals surface area contributed by atoms with E-state index in [-0.39, 0.29) is 36.3 Å². The first-order valence-electron chi connectivity index (χ1n) is 15.2. The van der Waals surface area contributed by atoms with Crippen molar-refractivity contribution in [1.29, 1.82) is 0 Å². The van der Waals surface area contributed by atoms with Gasteiger partial charge in [0.05, 0.1) is 26.2 Å². The number of hydrogen-bond donors (Lipinski definition) is 1. The minimum Gasteiger partial charge on any atom is -0.493 e. The average molecular weight is 615 g/mol. The number of aryl methyl sites for hydroxylation is 1. The number of nitrogens with zero attached hydrogens (tertiary/aromatic N) is 1. The fourth-order valence-electron chi connectivity index (χ4n) is 4.88. The number of aromatic nitrogens is 1. The molecular formula is C33H46N2O9. The predicted octanol–water partition coefficient (Wildman–Crippen LogP) is 4.31. The Labute approximate surface area is 259 Å². The number of rotatable bonds is 15. The van der Waals surface area contributed by atoms with Crippen molar-refractivity contribution in [3.63, 3.8) is 0 Å². The lowest BCUT2D eigenvalue weighted by molar-refractivity contribution is -0.168. The second kappa shape index (κ2) is 18.3. The van der Waals surface area contributed by atoms with Crippen LogP contribution in [0.3, 0.4) is 0 Å². The maximum Gasteiger partial charge on any atom is 0.329 e. The Morgan fingerprint density at radius 1 is 1.07 bits per heavy atom. The van der Waals surface area contributed by atoms with E-state index in [1.807, 2.05) is 18.2 Å². The van der Waals surface area contributed by atoms with Crippen molar-refractivity contribution < 1.29 is 42.8 Å². The number of nitrogens with one attached hydrogen (secondary N) is 1. The van der Waals surface area contributed by atoms with Crippen LogP contribution in [0.25, 0.3) is 0 Å². The zero-order valence-corrected chi connectivity index (χ0v) is 26.4. The van der Waals surface area contributed by atoms with Crippen LogP contribution in [-0.4, -0.2) is 81.2 Å². The van der Waals surface area contributed by atoms with Crippen molar-refractivity contribution in [3.05, 3.63) is 53.9 Å². The van der Waals surface area contributed by atoms with Crippen LogP contribution in [0.5, 0.6) is 11.5 Å². The number of carbonyl (C=O) groups excluding carboxylic acids is 3. The number of ether oxygens (including phenoxy) is 6. The number of methoxy groups -OCH3 is 2. The number of carbonyl (C=O) groups is 3. The fourth-order valence-corrected chi connectivity index (χ4v) is 4.88. The standard InChI is InChI=1S/C33H46N2O9/c1-22(2)21-42-27-15-9-14-25(33(38)43-23(3)30(27)41-19-10-13-24-11-7-6-8-12-24)35-32(37)29-31(26(40-5)16-18-34-29)44-28(36)17-20-39-4/h6-8,11-12,16,18,22-23,25,27,30H,9-10,13-15,17,19-21H2,1-5H3,(H,35,37). The molecule has 11 heteroatoms. The van der Waals surface area contributed by atoms with Crippen molar-refractivity contribution in [2.75, 3.05) is 34.0 Å². The van der Waals surface area contributed by atoms with Crippen LogP contribution in [0, 0.1) is 5.92 Å². The van der Waals surface area contributed by atoms with E-state index in [4.69, 9.17) is 28.4 Å². The molecule has 0 spiro atoms. The maximum atomic E-state index is 13.4. The van der Waals surface area contributed by atoms with Gasteiger partial charge in [-0.25, -0.2) is 9.78 Å². The van der Waals surface area contributed by atoms with Crippen LogP contribution in [-0.2, 0) is 35.0 Å². The molecule has 3 rings (SSSR count). The molecule has 1 aromatic heterocycles. The molecule has 1 aromatic carbocycles. The van der Waals surface area contributed by atoms with Crippen molar-refractivity contribution >= 4 is 17.8 Å². The fraction of sp³-hybridized carbons (Fsp3) is 0.576. The summed E-state index contributed by atoms with van der Waals surface area (Å²) in [4.78, 5) is 43.2. The monoisotopic (exact) mass is 614 g/mol. The van der Waals surface area contributed by atoms with Crippen molar-refractivity contribution in [2.45, 2.75) is 83.6 Å². The van der Waals surface area contributed by atoms with Crippen LogP contribution in [0.2, 0.25) is 0 Å². The first-order chi connectivity index (χ1) is 21.2. The molecule has 4 atom stereocenters.